The predicted octanol–water partition coefficient (Wildman–Crippen LogP) is 1.98. The van der Waals surface area contributed by atoms with Gasteiger partial charge in [0.05, 0.1) is 17.8 Å². The average molecular weight is 318 g/mol. The molecule has 0 radical (unpaired) electrons. The van der Waals surface area contributed by atoms with Gasteiger partial charge in [0, 0.05) is 11.1 Å². The maximum absolute atomic E-state index is 12.1. The second-order valence-electron chi connectivity index (χ2n) is 3.87. The number of anilines is 2. The first kappa shape index (κ1) is 14.2. The van der Waals surface area contributed by atoms with E-state index in [1.54, 1.807) is 11.7 Å². The van der Waals surface area contributed by atoms with Gasteiger partial charge in [0.1, 0.15) is 9.90 Å². The third kappa shape index (κ3) is 3.23. The number of sulfone groups is 1. The van der Waals surface area contributed by atoms with Gasteiger partial charge in [-0.3, -0.25) is 4.98 Å². The predicted molar refractivity (Wildman–Crippen MR) is 78.3 cm³/mol. The fourth-order valence-corrected chi connectivity index (χ4v) is 4.73. The molecular formula is C10H14N4O2S3. The SMILES string of the molecule is CCCS(=O)(=O)c1c(N)nsc1NCc1cncs1. The van der Waals surface area contributed by atoms with E-state index in [0.29, 0.717) is 18.0 Å². The summed E-state index contributed by atoms with van der Waals surface area (Å²) in [4.78, 5) is 5.11. The maximum Gasteiger partial charge on any atom is 0.185 e. The molecule has 0 unspecified atom stereocenters. The van der Waals surface area contributed by atoms with Gasteiger partial charge in [-0.2, -0.15) is 4.37 Å². The number of nitrogens with two attached hydrogens (primary N) is 1. The fourth-order valence-electron chi connectivity index (χ4n) is 1.57. The molecule has 0 amide bonds. The summed E-state index contributed by atoms with van der Waals surface area (Å²) in [5.41, 5.74) is 7.41. The molecule has 0 bridgehead atoms. The van der Waals surface area contributed by atoms with Gasteiger partial charge in [-0.25, -0.2) is 8.42 Å². The Morgan fingerprint density at radius 2 is 2.26 bits per heavy atom. The van der Waals surface area contributed by atoms with Crippen molar-refractivity contribution >= 4 is 43.5 Å². The first-order valence-corrected chi connectivity index (χ1v) is 8.94. The molecule has 0 spiro atoms. The molecule has 104 valence electrons. The van der Waals surface area contributed by atoms with Gasteiger partial charge < -0.3 is 11.1 Å². The van der Waals surface area contributed by atoms with Crippen LogP contribution in [0, 0.1) is 0 Å². The molecule has 2 aromatic heterocycles. The van der Waals surface area contributed by atoms with E-state index in [4.69, 9.17) is 5.73 Å². The van der Waals surface area contributed by atoms with Crippen molar-refractivity contribution in [2.45, 2.75) is 24.8 Å². The molecule has 0 aliphatic rings. The Bertz CT molecular complexity index is 634. The number of nitrogens with zero attached hydrogens (tertiary/aromatic N) is 2. The third-order valence-corrected chi connectivity index (χ3v) is 6.07. The van der Waals surface area contributed by atoms with Crippen LogP contribution in [-0.2, 0) is 16.4 Å². The van der Waals surface area contributed by atoms with Crippen molar-refractivity contribution in [2.24, 2.45) is 0 Å². The van der Waals surface area contributed by atoms with Gasteiger partial charge in [-0.1, -0.05) is 6.92 Å². The summed E-state index contributed by atoms with van der Waals surface area (Å²) in [6.07, 6.45) is 2.29. The van der Waals surface area contributed by atoms with Crippen molar-refractivity contribution in [3.8, 4) is 0 Å². The minimum Gasteiger partial charge on any atom is -0.382 e. The highest BCUT2D eigenvalue weighted by atomic mass is 32.2. The average Bonchev–Trinajstić information content (AvgIpc) is 2.95. The topological polar surface area (TPSA) is 98.0 Å². The number of nitrogen functional groups attached to an aromatic ring is 1. The second-order valence-corrected chi connectivity index (χ2v) is 7.66. The number of aromatic nitrogens is 2. The molecule has 0 aliphatic heterocycles. The van der Waals surface area contributed by atoms with E-state index in [1.165, 1.54) is 11.3 Å². The zero-order chi connectivity index (χ0) is 13.9. The van der Waals surface area contributed by atoms with Gasteiger partial charge in [0.25, 0.3) is 0 Å². The third-order valence-electron chi connectivity index (χ3n) is 2.36. The number of rotatable bonds is 6. The van der Waals surface area contributed by atoms with Crippen molar-refractivity contribution in [3.05, 3.63) is 16.6 Å². The van der Waals surface area contributed by atoms with Crippen LogP contribution in [0.5, 0.6) is 0 Å². The van der Waals surface area contributed by atoms with Crippen LogP contribution in [0.2, 0.25) is 0 Å². The van der Waals surface area contributed by atoms with Gasteiger partial charge in [-0.05, 0) is 18.0 Å². The first-order chi connectivity index (χ1) is 9.04. The summed E-state index contributed by atoms with van der Waals surface area (Å²) in [7, 11) is -3.37. The Hall–Kier alpha value is -1.19. The van der Waals surface area contributed by atoms with E-state index in [1.807, 2.05) is 6.92 Å². The van der Waals surface area contributed by atoms with Gasteiger partial charge in [0.15, 0.2) is 15.7 Å². The van der Waals surface area contributed by atoms with Crippen molar-refractivity contribution in [3.63, 3.8) is 0 Å². The van der Waals surface area contributed by atoms with Crippen LogP contribution in [0.15, 0.2) is 16.6 Å². The summed E-state index contributed by atoms with van der Waals surface area (Å²) in [5, 5.41) is 3.57. The van der Waals surface area contributed by atoms with E-state index in [9.17, 15) is 8.42 Å². The van der Waals surface area contributed by atoms with Crippen molar-refractivity contribution in [2.75, 3.05) is 16.8 Å². The van der Waals surface area contributed by atoms with Crippen molar-refractivity contribution < 1.29 is 8.42 Å². The summed E-state index contributed by atoms with van der Waals surface area (Å²) < 4.78 is 28.2. The molecule has 0 saturated carbocycles. The van der Waals surface area contributed by atoms with E-state index in [-0.39, 0.29) is 16.5 Å². The number of hydrogen-bond donors (Lipinski definition) is 2. The molecule has 6 nitrogen and oxygen atoms in total. The molecule has 3 N–H and O–H groups in total. The lowest BCUT2D eigenvalue weighted by Crippen LogP contribution is -2.10. The monoisotopic (exact) mass is 318 g/mol. The van der Waals surface area contributed by atoms with Crippen molar-refractivity contribution in [1.82, 2.24) is 9.36 Å². The molecule has 2 rings (SSSR count). The largest absolute Gasteiger partial charge is 0.382 e. The molecule has 0 fully saturated rings. The minimum absolute atomic E-state index is 0.0743. The molecule has 2 aromatic rings. The summed E-state index contributed by atoms with van der Waals surface area (Å²) in [5.74, 6) is 0.149. The smallest absolute Gasteiger partial charge is 0.185 e. The zero-order valence-corrected chi connectivity index (χ0v) is 12.7. The normalized spacial score (nSPS) is 11.6. The second kappa shape index (κ2) is 5.85. The molecule has 0 atom stereocenters. The van der Waals surface area contributed by atoms with Gasteiger partial charge in [0.2, 0.25) is 0 Å². The number of thiazole rings is 1. The fraction of sp³-hybridized carbons (Fsp3) is 0.400. The quantitative estimate of drug-likeness (QED) is 0.845. The lowest BCUT2D eigenvalue weighted by Gasteiger charge is -2.06. The van der Waals surface area contributed by atoms with E-state index in [2.05, 4.69) is 14.7 Å². The minimum atomic E-state index is -3.37. The zero-order valence-electron chi connectivity index (χ0n) is 10.3. The lowest BCUT2D eigenvalue weighted by atomic mass is 10.5. The van der Waals surface area contributed by atoms with E-state index >= 15 is 0 Å². The lowest BCUT2D eigenvalue weighted by molar-refractivity contribution is 0.595. The van der Waals surface area contributed by atoms with E-state index in [0.717, 1.165) is 16.4 Å². The van der Waals surface area contributed by atoms with Gasteiger partial charge >= 0.3 is 0 Å². The first-order valence-electron chi connectivity index (χ1n) is 5.63. The van der Waals surface area contributed by atoms with Crippen LogP contribution in [-0.4, -0.2) is 23.5 Å². The van der Waals surface area contributed by atoms with Crippen LogP contribution >= 0.6 is 22.9 Å². The Morgan fingerprint density at radius 1 is 1.47 bits per heavy atom. The number of nitrogens with one attached hydrogen (secondary N) is 1. The summed E-state index contributed by atoms with van der Waals surface area (Å²) in [6.45, 7) is 2.33. The molecule has 0 aromatic carbocycles. The highest BCUT2D eigenvalue weighted by Crippen LogP contribution is 2.33. The molecular weight excluding hydrogens is 304 g/mol. The highest BCUT2D eigenvalue weighted by molar-refractivity contribution is 7.91. The van der Waals surface area contributed by atoms with Crippen LogP contribution in [0.1, 0.15) is 18.2 Å². The van der Waals surface area contributed by atoms with E-state index < -0.39 is 9.84 Å². The summed E-state index contributed by atoms with van der Waals surface area (Å²) in [6, 6.07) is 0. The van der Waals surface area contributed by atoms with Gasteiger partial charge in [-0.15, -0.1) is 11.3 Å². The maximum atomic E-state index is 12.1. The molecule has 9 heteroatoms. The Balaban J connectivity index is 2.22. The molecule has 0 aliphatic carbocycles. The Kier molecular flexibility index (Phi) is 4.38. The van der Waals surface area contributed by atoms with Crippen LogP contribution in [0.25, 0.3) is 0 Å². The Morgan fingerprint density at radius 3 is 2.89 bits per heavy atom. The van der Waals surface area contributed by atoms with Crippen LogP contribution in [0.4, 0.5) is 10.8 Å². The number of hydrogen-bond acceptors (Lipinski definition) is 8. The molecule has 0 saturated heterocycles. The van der Waals surface area contributed by atoms with Crippen LogP contribution < -0.4 is 11.1 Å². The standard InChI is InChI=1S/C10H14N4O2S3/c1-2-3-19(15,16)8-9(11)14-18-10(8)13-5-7-4-12-6-17-7/h4,6,13H,2-3,5H2,1H3,(H2,11,14). The molecule has 19 heavy (non-hydrogen) atoms. The Labute approximate surface area is 119 Å². The highest BCUT2D eigenvalue weighted by Gasteiger charge is 2.24. The van der Waals surface area contributed by atoms with Crippen LogP contribution in [0.3, 0.4) is 0 Å². The summed E-state index contributed by atoms with van der Waals surface area (Å²) >= 11 is 2.57. The van der Waals surface area contributed by atoms with Crippen molar-refractivity contribution in [1.29, 1.82) is 0 Å². The molecule has 2 heterocycles.